The Labute approximate surface area is 230 Å². The number of carbonyl (C=O) groups is 3. The van der Waals surface area contributed by atoms with Crippen molar-refractivity contribution in [2.45, 2.75) is 91.8 Å². The van der Waals surface area contributed by atoms with Gasteiger partial charge >= 0.3 is 18.2 Å². The van der Waals surface area contributed by atoms with Crippen LogP contribution in [0.1, 0.15) is 79.8 Å². The largest absolute Gasteiger partial charge is 0.466 e. The second-order valence-electron chi connectivity index (χ2n) is 11.4. The molecule has 10 heteroatoms. The fraction of sp³-hybridized carbons (Fsp3) is 0.586. The van der Waals surface area contributed by atoms with Gasteiger partial charge in [-0.1, -0.05) is 6.07 Å². The summed E-state index contributed by atoms with van der Waals surface area (Å²) in [5.41, 5.74) is -0.0873. The molecule has 0 saturated heterocycles. The van der Waals surface area contributed by atoms with Gasteiger partial charge in [0.25, 0.3) is 0 Å². The van der Waals surface area contributed by atoms with E-state index in [1.807, 2.05) is 6.20 Å². The van der Waals surface area contributed by atoms with Crippen LogP contribution in [0.3, 0.4) is 0 Å². The van der Waals surface area contributed by atoms with Crippen LogP contribution in [0.5, 0.6) is 0 Å². The number of imide groups is 1. The molecule has 0 spiro atoms. The monoisotopic (exact) mass is 547 g/mol. The van der Waals surface area contributed by atoms with Crippen molar-refractivity contribution in [2.24, 2.45) is 5.92 Å². The van der Waals surface area contributed by atoms with Crippen LogP contribution < -0.4 is 0 Å². The minimum absolute atomic E-state index is 0.0671. The topological polar surface area (TPSA) is 100.0 Å². The molecule has 1 atom stereocenters. The summed E-state index contributed by atoms with van der Waals surface area (Å²) >= 11 is 0. The maximum absolute atomic E-state index is 13.6. The summed E-state index contributed by atoms with van der Waals surface area (Å²) in [5.74, 6) is -0.699. The van der Waals surface area contributed by atoms with Gasteiger partial charge in [-0.2, -0.15) is 0 Å². The molecule has 0 aliphatic rings. The molecule has 0 saturated carbocycles. The lowest BCUT2D eigenvalue weighted by Gasteiger charge is -2.29. The van der Waals surface area contributed by atoms with Gasteiger partial charge < -0.3 is 18.8 Å². The third-order valence-electron chi connectivity index (χ3n) is 5.53. The predicted octanol–water partition coefficient (Wildman–Crippen LogP) is 6.47. The Morgan fingerprint density at radius 1 is 1.03 bits per heavy atom. The van der Waals surface area contributed by atoms with Gasteiger partial charge in [0.1, 0.15) is 17.0 Å². The highest BCUT2D eigenvalue weighted by Crippen LogP contribution is 2.22. The Morgan fingerprint density at radius 3 is 2.23 bits per heavy atom. The van der Waals surface area contributed by atoms with Crippen molar-refractivity contribution in [3.8, 4) is 5.69 Å². The first kappa shape index (κ1) is 31.8. The number of nitrogens with zero attached hydrogens (tertiary/aromatic N) is 3. The summed E-state index contributed by atoms with van der Waals surface area (Å²) in [7, 11) is 0. The standard InChI is InChI=1S/C29H42FN3O6/c1-8-37-25(34)17-21(14-15-23-19-32(20-31-23)24-13-9-12-22(30)18-24)11-10-16-33(26(35)38-28(2,3)4)27(36)39-29(5,6)7/h9,12-13,18-21H,8,10-11,14-17H2,1-7H3. The fourth-order valence-electron chi connectivity index (χ4n) is 3.86. The number of imidazole rings is 1. The van der Waals surface area contributed by atoms with Gasteiger partial charge in [-0.3, -0.25) is 4.79 Å². The van der Waals surface area contributed by atoms with Crippen molar-refractivity contribution < 1.29 is 33.0 Å². The Morgan fingerprint density at radius 2 is 1.67 bits per heavy atom. The van der Waals surface area contributed by atoms with Gasteiger partial charge in [-0.15, -0.1) is 0 Å². The van der Waals surface area contributed by atoms with Crippen molar-refractivity contribution in [3.05, 3.63) is 48.3 Å². The first-order chi connectivity index (χ1) is 18.2. The number of ether oxygens (including phenoxy) is 3. The first-order valence-corrected chi connectivity index (χ1v) is 13.3. The molecule has 0 aliphatic heterocycles. The Bertz CT molecular complexity index is 1070. The minimum atomic E-state index is -0.779. The van der Waals surface area contributed by atoms with E-state index in [9.17, 15) is 18.8 Å². The number of carbonyl (C=O) groups excluding carboxylic acids is 3. The molecule has 2 rings (SSSR count). The lowest BCUT2D eigenvalue weighted by atomic mass is 9.93. The van der Waals surface area contributed by atoms with E-state index in [0.717, 1.165) is 10.6 Å². The van der Waals surface area contributed by atoms with Crippen LogP contribution in [0.15, 0.2) is 36.8 Å². The van der Waals surface area contributed by atoms with Gasteiger partial charge in [-0.05, 0) is 98.3 Å². The summed E-state index contributed by atoms with van der Waals surface area (Å²) in [5, 5.41) is 0. The number of aromatic nitrogens is 2. The molecule has 0 N–H and O–H groups in total. The van der Waals surface area contributed by atoms with Crippen LogP contribution in [0.25, 0.3) is 5.69 Å². The fourth-order valence-corrected chi connectivity index (χ4v) is 3.86. The average molecular weight is 548 g/mol. The number of hydrogen-bond acceptors (Lipinski definition) is 7. The first-order valence-electron chi connectivity index (χ1n) is 13.3. The second-order valence-corrected chi connectivity index (χ2v) is 11.4. The maximum Gasteiger partial charge on any atom is 0.419 e. The lowest BCUT2D eigenvalue weighted by molar-refractivity contribution is -0.144. The molecule has 1 unspecified atom stereocenters. The molecule has 0 aliphatic carbocycles. The highest BCUT2D eigenvalue weighted by Gasteiger charge is 2.31. The van der Waals surface area contributed by atoms with E-state index in [1.54, 1.807) is 71.5 Å². The van der Waals surface area contributed by atoms with E-state index < -0.39 is 23.4 Å². The number of rotatable bonds is 11. The van der Waals surface area contributed by atoms with E-state index in [1.165, 1.54) is 12.1 Å². The van der Waals surface area contributed by atoms with Crippen LogP contribution in [0.2, 0.25) is 0 Å². The number of amides is 2. The van der Waals surface area contributed by atoms with Crippen molar-refractivity contribution in [3.63, 3.8) is 0 Å². The van der Waals surface area contributed by atoms with E-state index in [0.29, 0.717) is 31.4 Å². The number of hydrogen-bond donors (Lipinski definition) is 0. The van der Waals surface area contributed by atoms with Gasteiger partial charge in [0, 0.05) is 24.8 Å². The summed E-state index contributed by atoms with van der Waals surface area (Å²) < 4.78 is 31.3. The molecular weight excluding hydrogens is 505 g/mol. The zero-order valence-electron chi connectivity index (χ0n) is 24.2. The number of aryl methyl sites for hydroxylation is 1. The van der Waals surface area contributed by atoms with E-state index in [2.05, 4.69) is 4.98 Å². The summed E-state index contributed by atoms with van der Waals surface area (Å²) in [6.45, 7) is 12.5. The highest BCUT2D eigenvalue weighted by molar-refractivity contribution is 5.88. The normalized spacial score (nSPS) is 12.5. The van der Waals surface area contributed by atoms with Crippen LogP contribution >= 0.6 is 0 Å². The second kappa shape index (κ2) is 14.1. The van der Waals surface area contributed by atoms with Crippen molar-refractivity contribution in [1.82, 2.24) is 14.5 Å². The van der Waals surface area contributed by atoms with Crippen LogP contribution in [-0.4, -0.2) is 57.0 Å². The Kier molecular flexibility index (Phi) is 11.5. The lowest BCUT2D eigenvalue weighted by Crippen LogP contribution is -2.44. The molecule has 2 amide bonds. The zero-order valence-corrected chi connectivity index (χ0v) is 24.2. The molecular formula is C29H42FN3O6. The molecule has 1 aromatic heterocycles. The van der Waals surface area contributed by atoms with Crippen LogP contribution in [0.4, 0.5) is 14.0 Å². The quantitative estimate of drug-likeness (QED) is 0.235. The molecule has 0 radical (unpaired) electrons. The number of benzene rings is 1. The van der Waals surface area contributed by atoms with Gasteiger partial charge in [0.05, 0.1) is 18.6 Å². The molecule has 2 aromatic rings. The smallest absolute Gasteiger partial charge is 0.419 e. The van der Waals surface area contributed by atoms with E-state index in [4.69, 9.17) is 14.2 Å². The van der Waals surface area contributed by atoms with E-state index >= 15 is 0 Å². The van der Waals surface area contributed by atoms with Crippen molar-refractivity contribution in [1.29, 1.82) is 0 Å². The van der Waals surface area contributed by atoms with Crippen LogP contribution in [0, 0.1) is 11.7 Å². The van der Waals surface area contributed by atoms with Crippen LogP contribution in [-0.2, 0) is 25.4 Å². The third kappa shape index (κ3) is 11.9. The Hall–Kier alpha value is -3.43. The molecule has 0 bridgehead atoms. The molecule has 216 valence electrons. The predicted molar refractivity (Wildman–Crippen MR) is 145 cm³/mol. The van der Waals surface area contributed by atoms with Gasteiger partial charge in [0.15, 0.2) is 0 Å². The molecule has 9 nitrogen and oxygen atoms in total. The van der Waals surface area contributed by atoms with Gasteiger partial charge in [0.2, 0.25) is 0 Å². The van der Waals surface area contributed by atoms with Crippen molar-refractivity contribution >= 4 is 18.2 Å². The summed E-state index contributed by atoms with van der Waals surface area (Å²) in [6, 6.07) is 6.24. The van der Waals surface area contributed by atoms with E-state index in [-0.39, 0.29) is 37.3 Å². The third-order valence-corrected chi connectivity index (χ3v) is 5.53. The Balaban J connectivity index is 2.06. The minimum Gasteiger partial charge on any atom is -0.466 e. The molecule has 39 heavy (non-hydrogen) atoms. The van der Waals surface area contributed by atoms with Crippen molar-refractivity contribution in [2.75, 3.05) is 13.2 Å². The maximum atomic E-state index is 13.6. The molecule has 1 aromatic carbocycles. The summed E-state index contributed by atoms with van der Waals surface area (Å²) in [4.78, 5) is 43.2. The summed E-state index contributed by atoms with van der Waals surface area (Å²) in [6.07, 6.45) is 4.35. The SMILES string of the molecule is CCOC(=O)CC(CCCN(C(=O)OC(C)(C)C)C(=O)OC(C)(C)C)CCc1cn(-c2cccc(F)c2)cn1. The average Bonchev–Trinajstić information content (AvgIpc) is 3.27. The molecule has 1 heterocycles. The van der Waals surface area contributed by atoms with Gasteiger partial charge in [-0.25, -0.2) is 23.9 Å². The molecule has 0 fully saturated rings. The number of halogens is 1. The highest BCUT2D eigenvalue weighted by atomic mass is 19.1. The zero-order chi connectivity index (χ0) is 29.2. The number of esters is 1.